The molecule has 0 radical (unpaired) electrons. The molecule has 0 spiro atoms. The second-order valence-corrected chi connectivity index (χ2v) is 6.27. The summed E-state index contributed by atoms with van der Waals surface area (Å²) in [4.78, 5) is 36.7. The molecule has 2 N–H and O–H groups in total. The molecular weight excluding hydrogens is 332 g/mol. The smallest absolute Gasteiger partial charge is 0.349 e. The maximum atomic E-state index is 12.5. The van der Waals surface area contributed by atoms with Gasteiger partial charge < -0.3 is 15.1 Å². The van der Waals surface area contributed by atoms with E-state index in [1.54, 1.807) is 48.5 Å². The Morgan fingerprint density at radius 1 is 0.962 bits per heavy atom. The van der Waals surface area contributed by atoms with E-state index in [1.165, 1.54) is 6.07 Å². The van der Waals surface area contributed by atoms with Gasteiger partial charge in [0.25, 0.3) is 11.8 Å². The molecule has 1 fully saturated rings. The molecule has 2 aromatic carbocycles. The van der Waals surface area contributed by atoms with Gasteiger partial charge in [0.1, 0.15) is 11.1 Å². The molecular formula is C20H16N2O4. The van der Waals surface area contributed by atoms with E-state index >= 15 is 0 Å². The maximum Gasteiger partial charge on any atom is 0.349 e. The summed E-state index contributed by atoms with van der Waals surface area (Å²) < 4.78 is 5.18. The van der Waals surface area contributed by atoms with Gasteiger partial charge in [-0.3, -0.25) is 9.59 Å². The van der Waals surface area contributed by atoms with E-state index in [0.29, 0.717) is 22.2 Å². The summed E-state index contributed by atoms with van der Waals surface area (Å²) in [5, 5.41) is 6.21. The van der Waals surface area contributed by atoms with E-state index in [2.05, 4.69) is 10.6 Å². The fourth-order valence-corrected chi connectivity index (χ4v) is 2.65. The van der Waals surface area contributed by atoms with E-state index < -0.39 is 11.5 Å². The topological polar surface area (TPSA) is 88.4 Å². The van der Waals surface area contributed by atoms with Crippen LogP contribution in [0.2, 0.25) is 0 Å². The van der Waals surface area contributed by atoms with Gasteiger partial charge in [-0.05, 0) is 43.2 Å². The van der Waals surface area contributed by atoms with Crippen molar-refractivity contribution in [2.45, 2.75) is 18.9 Å². The summed E-state index contributed by atoms with van der Waals surface area (Å²) in [6.07, 6.45) is 2.00. The normalized spacial score (nSPS) is 13.4. The van der Waals surface area contributed by atoms with Crippen molar-refractivity contribution in [3.63, 3.8) is 0 Å². The van der Waals surface area contributed by atoms with Crippen molar-refractivity contribution in [2.24, 2.45) is 0 Å². The molecule has 1 aliphatic rings. The number of hydrogen-bond donors (Lipinski definition) is 2. The Kier molecular flexibility index (Phi) is 4.01. The number of para-hydroxylation sites is 1. The van der Waals surface area contributed by atoms with Gasteiger partial charge in [0.15, 0.2) is 0 Å². The third-order valence-corrected chi connectivity index (χ3v) is 4.18. The van der Waals surface area contributed by atoms with Crippen molar-refractivity contribution in [1.29, 1.82) is 0 Å². The van der Waals surface area contributed by atoms with Crippen molar-refractivity contribution in [2.75, 3.05) is 5.32 Å². The van der Waals surface area contributed by atoms with E-state index in [0.717, 1.165) is 12.8 Å². The summed E-state index contributed by atoms with van der Waals surface area (Å²) in [5.41, 5.74) is 0.527. The molecule has 0 atom stereocenters. The molecule has 0 saturated heterocycles. The largest absolute Gasteiger partial charge is 0.422 e. The number of anilines is 1. The summed E-state index contributed by atoms with van der Waals surface area (Å²) in [6.45, 7) is 0. The first-order chi connectivity index (χ1) is 12.6. The number of carbonyl (C=O) groups is 2. The first-order valence-corrected chi connectivity index (χ1v) is 8.35. The number of carbonyl (C=O) groups excluding carboxylic acids is 2. The Balaban J connectivity index is 1.57. The van der Waals surface area contributed by atoms with Gasteiger partial charge in [0.05, 0.1) is 0 Å². The zero-order valence-electron chi connectivity index (χ0n) is 13.8. The average molecular weight is 348 g/mol. The molecule has 2 amide bonds. The summed E-state index contributed by atoms with van der Waals surface area (Å²) >= 11 is 0. The minimum atomic E-state index is -0.705. The molecule has 6 heteroatoms. The van der Waals surface area contributed by atoms with Gasteiger partial charge in [-0.15, -0.1) is 0 Å². The molecule has 3 aromatic rings. The molecule has 26 heavy (non-hydrogen) atoms. The minimum absolute atomic E-state index is 0.0865. The Labute approximate surface area is 148 Å². The Bertz CT molecular complexity index is 1070. The lowest BCUT2D eigenvalue weighted by Gasteiger charge is -2.08. The lowest BCUT2D eigenvalue weighted by molar-refractivity contribution is 0.0949. The molecule has 1 saturated carbocycles. The van der Waals surface area contributed by atoms with Crippen LogP contribution in [0, 0.1) is 0 Å². The zero-order chi connectivity index (χ0) is 18.1. The van der Waals surface area contributed by atoms with E-state index in [-0.39, 0.29) is 17.5 Å². The van der Waals surface area contributed by atoms with Crippen LogP contribution in [0.15, 0.2) is 63.8 Å². The fourth-order valence-electron chi connectivity index (χ4n) is 2.65. The molecule has 0 aliphatic heterocycles. The van der Waals surface area contributed by atoms with Crippen molar-refractivity contribution < 1.29 is 14.0 Å². The van der Waals surface area contributed by atoms with E-state index in [4.69, 9.17) is 4.42 Å². The lowest BCUT2D eigenvalue weighted by atomic mass is 10.1. The molecule has 6 nitrogen and oxygen atoms in total. The highest BCUT2D eigenvalue weighted by molar-refractivity contribution is 6.06. The first kappa shape index (κ1) is 16.1. The van der Waals surface area contributed by atoms with Gasteiger partial charge in [-0.25, -0.2) is 4.79 Å². The number of hydrogen-bond acceptors (Lipinski definition) is 4. The van der Waals surface area contributed by atoms with Gasteiger partial charge in [-0.2, -0.15) is 0 Å². The number of fused-ring (bicyclic) bond motifs is 1. The molecule has 130 valence electrons. The number of amides is 2. The SMILES string of the molecule is O=C(NC1CC1)c1cccc(NC(=O)c2cc3ccccc3oc2=O)c1. The molecule has 1 heterocycles. The van der Waals surface area contributed by atoms with Gasteiger partial charge >= 0.3 is 5.63 Å². The van der Waals surface area contributed by atoms with Crippen LogP contribution in [0.5, 0.6) is 0 Å². The van der Waals surface area contributed by atoms with Crippen LogP contribution in [-0.4, -0.2) is 17.9 Å². The fraction of sp³-hybridized carbons (Fsp3) is 0.150. The van der Waals surface area contributed by atoms with Crippen LogP contribution < -0.4 is 16.3 Å². The minimum Gasteiger partial charge on any atom is -0.422 e. The summed E-state index contributed by atoms with van der Waals surface area (Å²) in [5.74, 6) is -0.752. The second-order valence-electron chi connectivity index (χ2n) is 6.27. The number of rotatable bonds is 4. The number of nitrogens with one attached hydrogen (secondary N) is 2. The van der Waals surface area contributed by atoms with Gasteiger partial charge in [-0.1, -0.05) is 24.3 Å². The molecule has 0 bridgehead atoms. The number of benzene rings is 2. The van der Waals surface area contributed by atoms with Crippen LogP contribution in [0.25, 0.3) is 11.0 Å². The molecule has 0 unspecified atom stereocenters. The Morgan fingerprint density at radius 3 is 2.58 bits per heavy atom. The maximum absolute atomic E-state index is 12.5. The van der Waals surface area contributed by atoms with Gasteiger partial charge in [0.2, 0.25) is 0 Å². The third-order valence-electron chi connectivity index (χ3n) is 4.18. The molecule has 1 aromatic heterocycles. The van der Waals surface area contributed by atoms with Crippen LogP contribution in [-0.2, 0) is 0 Å². The second kappa shape index (κ2) is 6.48. The lowest BCUT2D eigenvalue weighted by Crippen LogP contribution is -2.25. The summed E-state index contributed by atoms with van der Waals surface area (Å²) in [7, 11) is 0. The Hall–Kier alpha value is -3.41. The standard InChI is InChI=1S/C20H16N2O4/c23-18(21-14-8-9-14)13-5-3-6-15(10-13)22-19(24)16-11-12-4-1-2-7-17(12)26-20(16)25/h1-7,10-11,14H,8-9H2,(H,21,23)(H,22,24). The average Bonchev–Trinajstić information content (AvgIpc) is 3.45. The predicted molar refractivity (Wildman–Crippen MR) is 97.4 cm³/mol. The van der Waals surface area contributed by atoms with E-state index in [9.17, 15) is 14.4 Å². The highest BCUT2D eigenvalue weighted by Gasteiger charge is 2.24. The highest BCUT2D eigenvalue weighted by atomic mass is 16.4. The van der Waals surface area contributed by atoms with Crippen LogP contribution >= 0.6 is 0 Å². The van der Waals surface area contributed by atoms with E-state index in [1.807, 2.05) is 0 Å². The Morgan fingerprint density at radius 2 is 1.77 bits per heavy atom. The van der Waals surface area contributed by atoms with Crippen molar-refractivity contribution >= 4 is 28.5 Å². The molecule has 4 rings (SSSR count). The van der Waals surface area contributed by atoms with Crippen molar-refractivity contribution in [3.8, 4) is 0 Å². The monoisotopic (exact) mass is 348 g/mol. The summed E-state index contributed by atoms with van der Waals surface area (Å²) in [6, 6.07) is 15.3. The van der Waals surface area contributed by atoms with Gasteiger partial charge in [0, 0.05) is 22.7 Å². The zero-order valence-corrected chi connectivity index (χ0v) is 13.8. The molecule has 1 aliphatic carbocycles. The first-order valence-electron chi connectivity index (χ1n) is 8.35. The van der Waals surface area contributed by atoms with Crippen molar-refractivity contribution in [3.05, 3.63) is 76.1 Å². The van der Waals surface area contributed by atoms with Crippen LogP contribution in [0.4, 0.5) is 5.69 Å². The van der Waals surface area contributed by atoms with Crippen LogP contribution in [0.1, 0.15) is 33.6 Å². The third kappa shape index (κ3) is 3.35. The predicted octanol–water partition coefficient (Wildman–Crippen LogP) is 2.94. The van der Waals surface area contributed by atoms with Crippen molar-refractivity contribution in [1.82, 2.24) is 5.32 Å². The quantitative estimate of drug-likeness (QED) is 0.710. The van der Waals surface area contributed by atoms with Crippen LogP contribution in [0.3, 0.4) is 0 Å². The highest BCUT2D eigenvalue weighted by Crippen LogP contribution is 2.20.